The van der Waals surface area contributed by atoms with Gasteiger partial charge < -0.3 is 65.3 Å². The number of aliphatic imine (C=N–C) groups is 3. The lowest BCUT2D eigenvalue weighted by Gasteiger charge is -2.35. The molecule has 0 spiro atoms. The Morgan fingerprint density at radius 2 is 1.85 bits per heavy atom. The number of phosphoric acid groups is 2. The number of aliphatic carboxylic acids is 1. The van der Waals surface area contributed by atoms with Crippen LogP contribution in [-0.4, -0.2) is 136 Å². The molecule has 0 aromatic rings. The van der Waals surface area contributed by atoms with Crippen LogP contribution in [0.5, 0.6) is 0 Å². The van der Waals surface area contributed by atoms with Crippen molar-refractivity contribution in [2.75, 3.05) is 25.5 Å². The lowest BCUT2D eigenvalue weighted by Crippen LogP contribution is -2.51. The maximum atomic E-state index is 12.3. The van der Waals surface area contributed by atoms with E-state index in [-0.39, 0.29) is 24.6 Å². The zero-order valence-corrected chi connectivity index (χ0v) is 27.5. The van der Waals surface area contributed by atoms with Crippen molar-refractivity contribution in [2.45, 2.75) is 69.2 Å². The number of carboxylic acids is 1. The van der Waals surface area contributed by atoms with Crippen LogP contribution in [0.3, 0.4) is 0 Å². The highest BCUT2D eigenvalue weighted by atomic mass is 32.1. The van der Waals surface area contributed by atoms with Crippen LogP contribution in [0.2, 0.25) is 0 Å². The molecule has 0 radical (unpaired) electrons. The van der Waals surface area contributed by atoms with E-state index in [0.717, 1.165) is 0 Å². The van der Waals surface area contributed by atoms with Crippen molar-refractivity contribution in [3.8, 4) is 0 Å². The zero-order valence-electron chi connectivity index (χ0n) is 24.8. The van der Waals surface area contributed by atoms with Crippen LogP contribution in [0.15, 0.2) is 15.0 Å². The summed E-state index contributed by atoms with van der Waals surface area (Å²) in [5.74, 6) is -3.12. The van der Waals surface area contributed by atoms with Gasteiger partial charge in [-0.15, -0.1) is 0 Å². The zero-order chi connectivity index (χ0) is 35.3. The van der Waals surface area contributed by atoms with Crippen molar-refractivity contribution in [3.05, 3.63) is 0 Å². The largest absolute Gasteiger partial charge is 0.756 e. The van der Waals surface area contributed by atoms with Crippen molar-refractivity contribution in [1.82, 2.24) is 15.5 Å². The van der Waals surface area contributed by atoms with Gasteiger partial charge in [-0.2, -0.15) is 12.6 Å². The number of hydrogen-bond donors (Lipinski definition) is 8. The first-order valence-corrected chi connectivity index (χ1v) is 17.2. The second-order valence-corrected chi connectivity index (χ2v) is 14.4. The fourth-order valence-electron chi connectivity index (χ4n) is 4.28. The first kappa shape index (κ1) is 38.9. The number of fused-ring (bicyclic) bond motifs is 1. The summed E-state index contributed by atoms with van der Waals surface area (Å²) >= 11 is 3.80. The minimum atomic E-state index is -5.70. The Kier molecular flexibility index (Phi) is 13.1. The van der Waals surface area contributed by atoms with Crippen LogP contribution < -0.4 is 26.2 Å². The number of carbonyl (C=O) groups excluding carboxylic acids is 2. The summed E-state index contributed by atoms with van der Waals surface area (Å²) in [6.45, 7) is 0.138. The van der Waals surface area contributed by atoms with Crippen LogP contribution >= 0.6 is 28.3 Å². The smallest absolute Gasteiger partial charge is 0.327 e. The number of thiol groups is 1. The molecule has 22 nitrogen and oxygen atoms in total. The van der Waals surface area contributed by atoms with Gasteiger partial charge in [-0.1, -0.05) is 13.8 Å². The lowest BCUT2D eigenvalue weighted by molar-refractivity contribution is -0.247. The van der Waals surface area contributed by atoms with Crippen LogP contribution in [0.25, 0.3) is 0 Å². The second kappa shape index (κ2) is 15.8. The number of amidine groups is 1. The van der Waals surface area contributed by atoms with E-state index in [1.807, 2.05) is 0 Å². The average molecular weight is 732 g/mol. The lowest BCUT2D eigenvalue weighted by atomic mass is 9.87. The number of carboxylic acid groups (broad SMARTS) is 1. The molecule has 3 aliphatic rings. The summed E-state index contributed by atoms with van der Waals surface area (Å²) in [6.07, 6.45) is -6.65. The summed E-state index contributed by atoms with van der Waals surface area (Å²) in [6, 6.07) is -1.93. The van der Waals surface area contributed by atoms with Gasteiger partial charge in [0.15, 0.2) is 12.4 Å². The third-order valence-electron chi connectivity index (χ3n) is 6.96. The van der Waals surface area contributed by atoms with Gasteiger partial charge in [-0.25, -0.2) is 19.1 Å². The first-order valence-electron chi connectivity index (χ1n) is 13.7. The predicted octanol–water partition coefficient (Wildman–Crippen LogP) is -4.75. The number of aliphatic hydroxyl groups excluding tert-OH is 3. The third kappa shape index (κ3) is 10.2. The van der Waals surface area contributed by atoms with E-state index in [2.05, 4.69) is 51.6 Å². The topological polar surface area (TPSA) is 340 Å². The molecule has 2 amide bonds. The second-order valence-electron chi connectivity index (χ2n) is 11.1. The van der Waals surface area contributed by atoms with Gasteiger partial charge in [0.25, 0.3) is 15.6 Å². The Morgan fingerprint density at radius 1 is 1.19 bits per heavy atom. The van der Waals surface area contributed by atoms with Crippen molar-refractivity contribution < 1.29 is 71.8 Å². The summed E-state index contributed by atoms with van der Waals surface area (Å²) in [5, 5.41) is 44.6. The normalized spacial score (nSPS) is 29.3. The summed E-state index contributed by atoms with van der Waals surface area (Å²) in [5.41, 5.74) is 4.13. The highest BCUT2D eigenvalue weighted by Gasteiger charge is 2.50. The van der Waals surface area contributed by atoms with Crippen LogP contribution in [0.4, 0.5) is 0 Å². The summed E-state index contributed by atoms with van der Waals surface area (Å²) in [7, 11) is -11.4. The third-order valence-corrected chi connectivity index (χ3v) is 9.83. The number of amides is 2. The molecule has 3 heterocycles. The number of carbonyl (C=O) groups is 3. The number of hydrogen-bond acceptors (Lipinski definition) is 20. The Balaban J connectivity index is 1.46. The Morgan fingerprint density at radius 3 is 2.49 bits per heavy atom. The van der Waals surface area contributed by atoms with Gasteiger partial charge in [0.2, 0.25) is 11.8 Å². The Labute approximate surface area is 272 Å². The van der Waals surface area contributed by atoms with Crippen LogP contribution in [-0.2, 0) is 41.6 Å². The maximum absolute atomic E-state index is 12.3. The van der Waals surface area contributed by atoms with Gasteiger partial charge in [-0.3, -0.25) is 23.7 Å². The van der Waals surface area contributed by atoms with Gasteiger partial charge >= 0.3 is 5.97 Å². The number of ether oxygens (including phenoxy) is 1. The van der Waals surface area contributed by atoms with E-state index >= 15 is 0 Å². The molecule has 1 fully saturated rings. The highest BCUT2D eigenvalue weighted by molar-refractivity contribution is 7.80. The molecule has 4 unspecified atom stereocenters. The van der Waals surface area contributed by atoms with E-state index in [9.17, 15) is 48.6 Å². The molecule has 8 N–H and O–H groups in total. The molecule has 10 atom stereocenters. The fourth-order valence-corrected chi connectivity index (χ4v) is 6.71. The quantitative estimate of drug-likeness (QED) is 0.0514. The predicted molar refractivity (Wildman–Crippen MR) is 158 cm³/mol. The monoisotopic (exact) mass is 731 g/mol. The molecular weight excluding hydrogens is 696 g/mol. The minimum Gasteiger partial charge on any atom is -0.756 e. The number of nitrogens with two attached hydrogens (primary N) is 1. The average Bonchev–Trinajstić information content (AvgIpc) is 3.54. The minimum absolute atomic E-state index is 0.145. The molecule has 266 valence electrons. The Bertz CT molecular complexity index is 1370. The molecule has 3 aliphatic heterocycles. The fraction of sp³-hybridized carbons (Fsp3) is 0.727. The van der Waals surface area contributed by atoms with E-state index in [4.69, 9.17) is 15.6 Å². The number of nitrogens with zero attached hydrogens (tertiary/aromatic N) is 4. The van der Waals surface area contributed by atoms with E-state index in [1.165, 1.54) is 31.4 Å². The molecular formula is C22H35N7O15P2S-2. The number of nitrogens with one attached hydrogen (secondary N) is 2. The van der Waals surface area contributed by atoms with E-state index < -0.39 is 101 Å². The number of aliphatic hydroxyl groups is 3. The van der Waals surface area contributed by atoms with Crippen molar-refractivity contribution in [3.63, 3.8) is 0 Å². The molecule has 1 saturated heterocycles. The van der Waals surface area contributed by atoms with Gasteiger partial charge in [-0.05, 0) is 0 Å². The van der Waals surface area contributed by atoms with E-state index in [0.29, 0.717) is 0 Å². The van der Waals surface area contributed by atoms with Crippen LogP contribution in [0, 0.1) is 5.41 Å². The standard InChI is InChI=1S/C22H37N7O15P2S/c1-22(2,16(33)19(34)24-4-3-12(30)28-10(6-47)21(35)36)7-42-46(39,40)44-45(37,38)41-5-11-14(31)15(32)20(43-11)29-9-27-13-17(23)25-8-26-18(13)29/h8-11,13-16,18,20,31-33,47H,3-7H2,1-2H3,(H,24,34)(H,28,30)(H,35,36)(H,37,38)(H,39,40)(H2,23,25,26)/p-2/t10-,11+,13?,14+,15+,16-,18?,20+/m0/s1. The SMILES string of the molecule is CC(C)(COP(=O)([O-])OP(=O)([O-])OC[C@H]1O[C@@H](N2C=NC3C(N)=NC=NC32)[C@H](O)[C@@H]1O)[C@@H](O)C(=O)NCCC(=O)N[C@@H](CS)C(=O)O. The molecule has 0 aliphatic carbocycles. The highest BCUT2D eigenvalue weighted by Crippen LogP contribution is 2.56. The van der Waals surface area contributed by atoms with Crippen molar-refractivity contribution >= 4 is 64.6 Å². The summed E-state index contributed by atoms with van der Waals surface area (Å²) in [4.78, 5) is 73.1. The molecule has 0 aromatic carbocycles. The van der Waals surface area contributed by atoms with Crippen LogP contribution in [0.1, 0.15) is 20.3 Å². The van der Waals surface area contributed by atoms with Gasteiger partial charge in [0.1, 0.15) is 48.7 Å². The van der Waals surface area contributed by atoms with E-state index in [1.54, 1.807) is 0 Å². The molecule has 0 saturated carbocycles. The molecule has 0 bridgehead atoms. The molecule has 47 heavy (non-hydrogen) atoms. The maximum Gasteiger partial charge on any atom is 0.327 e. The number of rotatable bonds is 17. The number of phosphoric ester groups is 2. The first-order chi connectivity index (χ1) is 21.8. The molecule has 0 aromatic heterocycles. The van der Waals surface area contributed by atoms with Crippen molar-refractivity contribution in [2.24, 2.45) is 26.1 Å². The Hall–Kier alpha value is -2.53. The molecule has 3 rings (SSSR count). The van der Waals surface area contributed by atoms with Crippen molar-refractivity contribution in [1.29, 1.82) is 0 Å². The van der Waals surface area contributed by atoms with Gasteiger partial charge in [0.05, 0.1) is 19.6 Å². The summed E-state index contributed by atoms with van der Waals surface area (Å²) < 4.78 is 43.3. The van der Waals surface area contributed by atoms with Gasteiger partial charge in [0, 0.05) is 24.1 Å². The molecule has 25 heteroatoms.